The summed E-state index contributed by atoms with van der Waals surface area (Å²) in [5.41, 5.74) is 5.57. The molecule has 1 heterocycles. The van der Waals surface area contributed by atoms with Gasteiger partial charge in [0.15, 0.2) is 5.13 Å². The number of nitrogens with two attached hydrogens (primary N) is 1. The lowest BCUT2D eigenvalue weighted by molar-refractivity contribution is -0.0143. The van der Waals surface area contributed by atoms with Crippen LogP contribution in [0.15, 0.2) is 6.20 Å². The molecule has 0 amide bonds. The van der Waals surface area contributed by atoms with Crippen LogP contribution in [0.25, 0.3) is 0 Å². The SMILES string of the molecule is CC1CCCCC1OCc1cnc(N)s1. The van der Waals surface area contributed by atoms with Crippen molar-refractivity contribution in [2.45, 2.75) is 45.3 Å². The topological polar surface area (TPSA) is 48.1 Å². The van der Waals surface area contributed by atoms with Crippen LogP contribution in [0.2, 0.25) is 0 Å². The van der Waals surface area contributed by atoms with Crippen molar-refractivity contribution in [3.8, 4) is 0 Å². The minimum absolute atomic E-state index is 0.432. The third-order valence-electron chi connectivity index (χ3n) is 3.04. The number of hydrogen-bond donors (Lipinski definition) is 1. The number of nitrogen functional groups attached to an aromatic ring is 1. The van der Waals surface area contributed by atoms with Crippen LogP contribution >= 0.6 is 11.3 Å². The van der Waals surface area contributed by atoms with Gasteiger partial charge in [-0.1, -0.05) is 31.1 Å². The third kappa shape index (κ3) is 2.92. The number of thiazole rings is 1. The summed E-state index contributed by atoms with van der Waals surface area (Å²) in [5.74, 6) is 0.698. The van der Waals surface area contributed by atoms with Crippen LogP contribution in [0.4, 0.5) is 5.13 Å². The molecule has 0 aromatic carbocycles. The second kappa shape index (κ2) is 4.94. The Morgan fingerprint density at radius 2 is 2.33 bits per heavy atom. The van der Waals surface area contributed by atoms with E-state index in [1.807, 2.05) is 6.20 Å². The Balaban J connectivity index is 1.81. The number of hydrogen-bond acceptors (Lipinski definition) is 4. The van der Waals surface area contributed by atoms with Crippen LogP contribution in [0, 0.1) is 5.92 Å². The summed E-state index contributed by atoms with van der Waals surface area (Å²) in [6, 6.07) is 0. The summed E-state index contributed by atoms with van der Waals surface area (Å²) in [4.78, 5) is 5.15. The van der Waals surface area contributed by atoms with Gasteiger partial charge in [0, 0.05) is 6.20 Å². The minimum Gasteiger partial charge on any atom is -0.375 e. The van der Waals surface area contributed by atoms with Gasteiger partial charge in [0.1, 0.15) is 0 Å². The van der Waals surface area contributed by atoms with Crippen molar-refractivity contribution in [3.63, 3.8) is 0 Å². The maximum atomic E-state index is 5.91. The fourth-order valence-electron chi connectivity index (χ4n) is 2.11. The van der Waals surface area contributed by atoms with E-state index < -0.39 is 0 Å². The molecule has 3 nitrogen and oxygen atoms in total. The summed E-state index contributed by atoms with van der Waals surface area (Å²) in [6.07, 6.45) is 7.41. The van der Waals surface area contributed by atoms with Crippen molar-refractivity contribution in [2.24, 2.45) is 5.92 Å². The van der Waals surface area contributed by atoms with Gasteiger partial charge in [-0.2, -0.15) is 0 Å². The maximum Gasteiger partial charge on any atom is 0.180 e. The van der Waals surface area contributed by atoms with Gasteiger partial charge in [-0.15, -0.1) is 0 Å². The molecule has 1 aliphatic carbocycles. The second-order valence-corrected chi connectivity index (χ2v) is 5.42. The van der Waals surface area contributed by atoms with Crippen LogP contribution in [-0.2, 0) is 11.3 Å². The molecule has 84 valence electrons. The van der Waals surface area contributed by atoms with Crippen molar-refractivity contribution in [1.82, 2.24) is 4.98 Å². The largest absolute Gasteiger partial charge is 0.375 e. The molecule has 1 aromatic rings. The van der Waals surface area contributed by atoms with E-state index in [-0.39, 0.29) is 0 Å². The normalized spacial score (nSPS) is 26.7. The smallest absolute Gasteiger partial charge is 0.180 e. The molecule has 0 spiro atoms. The molecule has 0 radical (unpaired) electrons. The average Bonchev–Trinajstić information content (AvgIpc) is 2.63. The Morgan fingerprint density at radius 3 is 3.00 bits per heavy atom. The van der Waals surface area contributed by atoms with Crippen molar-refractivity contribution in [3.05, 3.63) is 11.1 Å². The summed E-state index contributed by atoms with van der Waals surface area (Å²) in [5, 5.41) is 0.630. The molecule has 0 aliphatic heterocycles. The fourth-order valence-corrected chi connectivity index (χ4v) is 2.71. The molecular formula is C11H18N2OS. The summed E-state index contributed by atoms with van der Waals surface area (Å²) < 4.78 is 5.91. The lowest BCUT2D eigenvalue weighted by atomic mass is 9.88. The Bertz CT molecular complexity index is 313. The van der Waals surface area contributed by atoms with Crippen molar-refractivity contribution in [1.29, 1.82) is 0 Å². The highest BCUT2D eigenvalue weighted by Crippen LogP contribution is 2.27. The van der Waals surface area contributed by atoms with E-state index in [2.05, 4.69) is 11.9 Å². The molecule has 15 heavy (non-hydrogen) atoms. The molecule has 1 aliphatic rings. The van der Waals surface area contributed by atoms with Gasteiger partial charge < -0.3 is 10.5 Å². The van der Waals surface area contributed by atoms with Crippen molar-refractivity contribution in [2.75, 3.05) is 5.73 Å². The number of rotatable bonds is 3. The zero-order valence-corrected chi connectivity index (χ0v) is 9.93. The monoisotopic (exact) mass is 226 g/mol. The number of aromatic nitrogens is 1. The van der Waals surface area contributed by atoms with E-state index in [0.29, 0.717) is 23.8 Å². The van der Waals surface area contributed by atoms with Crippen LogP contribution in [-0.4, -0.2) is 11.1 Å². The third-order valence-corrected chi connectivity index (χ3v) is 3.84. The number of anilines is 1. The fraction of sp³-hybridized carbons (Fsp3) is 0.727. The Hall–Kier alpha value is -0.610. The lowest BCUT2D eigenvalue weighted by Crippen LogP contribution is -2.25. The molecule has 0 bridgehead atoms. The second-order valence-electron chi connectivity index (χ2n) is 4.28. The van der Waals surface area contributed by atoms with Crippen molar-refractivity contribution >= 4 is 16.5 Å². The molecular weight excluding hydrogens is 208 g/mol. The van der Waals surface area contributed by atoms with Crippen LogP contribution in [0.5, 0.6) is 0 Å². The lowest BCUT2D eigenvalue weighted by Gasteiger charge is -2.28. The molecule has 0 saturated heterocycles. The molecule has 4 heteroatoms. The van der Waals surface area contributed by atoms with Gasteiger partial charge in [-0.3, -0.25) is 0 Å². The first-order chi connectivity index (χ1) is 7.25. The molecule has 1 aromatic heterocycles. The highest BCUT2D eigenvalue weighted by atomic mass is 32.1. The molecule has 2 N–H and O–H groups in total. The van der Waals surface area contributed by atoms with E-state index in [1.165, 1.54) is 37.0 Å². The maximum absolute atomic E-state index is 5.91. The van der Waals surface area contributed by atoms with Gasteiger partial charge in [0.2, 0.25) is 0 Å². The number of nitrogens with zero attached hydrogens (tertiary/aromatic N) is 1. The molecule has 1 saturated carbocycles. The summed E-state index contributed by atoms with van der Waals surface area (Å²) >= 11 is 1.52. The zero-order chi connectivity index (χ0) is 10.7. The molecule has 2 atom stereocenters. The Morgan fingerprint density at radius 1 is 1.53 bits per heavy atom. The van der Waals surface area contributed by atoms with Crippen LogP contribution in [0.1, 0.15) is 37.5 Å². The van der Waals surface area contributed by atoms with E-state index in [9.17, 15) is 0 Å². The predicted molar refractivity (Wildman–Crippen MR) is 62.7 cm³/mol. The first-order valence-corrected chi connectivity index (χ1v) is 6.39. The number of ether oxygens (including phenoxy) is 1. The summed E-state index contributed by atoms with van der Waals surface area (Å²) in [6.45, 7) is 2.95. The van der Waals surface area contributed by atoms with Gasteiger partial charge in [0.25, 0.3) is 0 Å². The quantitative estimate of drug-likeness (QED) is 0.862. The van der Waals surface area contributed by atoms with Gasteiger partial charge >= 0.3 is 0 Å². The minimum atomic E-state index is 0.432. The molecule has 2 unspecified atom stereocenters. The van der Waals surface area contributed by atoms with Gasteiger partial charge in [0.05, 0.1) is 17.6 Å². The first-order valence-electron chi connectivity index (χ1n) is 5.57. The Kier molecular flexibility index (Phi) is 3.59. The molecule has 2 rings (SSSR count). The van der Waals surface area contributed by atoms with Crippen LogP contribution < -0.4 is 5.73 Å². The first kappa shape index (κ1) is 10.9. The average molecular weight is 226 g/mol. The zero-order valence-electron chi connectivity index (χ0n) is 9.11. The molecule has 1 fully saturated rings. The summed E-state index contributed by atoms with van der Waals surface area (Å²) in [7, 11) is 0. The van der Waals surface area contributed by atoms with Crippen molar-refractivity contribution < 1.29 is 4.74 Å². The van der Waals surface area contributed by atoms with Crippen LogP contribution in [0.3, 0.4) is 0 Å². The van der Waals surface area contributed by atoms with Gasteiger partial charge in [-0.25, -0.2) is 4.98 Å². The standard InChI is InChI=1S/C11H18N2OS/c1-8-4-2-3-5-10(8)14-7-9-6-13-11(12)15-9/h6,8,10H,2-5,7H2,1H3,(H2,12,13). The highest BCUT2D eigenvalue weighted by molar-refractivity contribution is 7.15. The van der Waals surface area contributed by atoms with E-state index in [4.69, 9.17) is 10.5 Å². The highest BCUT2D eigenvalue weighted by Gasteiger charge is 2.21. The van der Waals surface area contributed by atoms with Gasteiger partial charge in [-0.05, 0) is 18.8 Å². The van der Waals surface area contributed by atoms with E-state index >= 15 is 0 Å². The predicted octanol–water partition coefficient (Wildman–Crippen LogP) is 2.82. The van der Waals surface area contributed by atoms with E-state index in [0.717, 1.165) is 4.88 Å². The van der Waals surface area contributed by atoms with E-state index in [1.54, 1.807) is 0 Å². The Labute approximate surface area is 94.7 Å².